The van der Waals surface area contributed by atoms with Crippen molar-refractivity contribution in [1.29, 1.82) is 0 Å². The molecule has 0 amide bonds. The zero-order valence-corrected chi connectivity index (χ0v) is 14.6. The van der Waals surface area contributed by atoms with E-state index in [-0.39, 0.29) is 11.5 Å². The fourth-order valence-corrected chi connectivity index (χ4v) is 3.60. The molecule has 24 heavy (non-hydrogen) atoms. The van der Waals surface area contributed by atoms with Crippen molar-refractivity contribution < 1.29 is 17.9 Å². The Bertz CT molecular complexity index is 852. The molecular formula is C18H19NO4S. The molecule has 6 heteroatoms. The summed E-state index contributed by atoms with van der Waals surface area (Å²) < 4.78 is 37.3. The Kier molecular flexibility index (Phi) is 5.37. The van der Waals surface area contributed by atoms with Crippen molar-refractivity contribution in [1.82, 2.24) is 0 Å². The average molecular weight is 345 g/mol. The molecule has 0 aliphatic rings. The van der Waals surface area contributed by atoms with Crippen LogP contribution in [0.3, 0.4) is 0 Å². The molecule has 2 aromatic rings. The molecule has 2 rings (SSSR count). The van der Waals surface area contributed by atoms with Gasteiger partial charge in [0.2, 0.25) is 0 Å². The first-order valence-corrected chi connectivity index (χ1v) is 8.64. The number of rotatable bonds is 6. The minimum atomic E-state index is -3.67. The standard InChI is InChI=1S/C18H19NO4S/c1-5-12-23-16-8-6-15(7-9-16)19(3)24(20,21)18-11-10-17(22-4)13-14(18)2/h1,6-11,13H,12H2,2-4H3. The number of anilines is 1. The lowest BCUT2D eigenvalue weighted by molar-refractivity contribution is 0.370. The number of hydrogen-bond donors (Lipinski definition) is 0. The van der Waals surface area contributed by atoms with Gasteiger partial charge in [-0.05, 0) is 55.0 Å². The largest absolute Gasteiger partial charge is 0.497 e. The van der Waals surface area contributed by atoms with Crippen molar-refractivity contribution in [2.24, 2.45) is 0 Å². The van der Waals surface area contributed by atoms with E-state index in [9.17, 15) is 8.42 Å². The number of terminal acetylenes is 1. The van der Waals surface area contributed by atoms with Gasteiger partial charge in [-0.2, -0.15) is 0 Å². The van der Waals surface area contributed by atoms with Gasteiger partial charge in [0.1, 0.15) is 18.1 Å². The highest BCUT2D eigenvalue weighted by molar-refractivity contribution is 7.92. The summed E-state index contributed by atoms with van der Waals surface area (Å²) in [6, 6.07) is 11.6. The van der Waals surface area contributed by atoms with Crippen LogP contribution in [-0.2, 0) is 10.0 Å². The quantitative estimate of drug-likeness (QED) is 0.756. The highest BCUT2D eigenvalue weighted by Gasteiger charge is 2.23. The molecule has 0 heterocycles. The zero-order chi connectivity index (χ0) is 17.7. The molecule has 0 bridgehead atoms. The van der Waals surface area contributed by atoms with Crippen LogP contribution < -0.4 is 13.8 Å². The van der Waals surface area contributed by atoms with Crippen LogP contribution in [0.15, 0.2) is 47.4 Å². The summed E-state index contributed by atoms with van der Waals surface area (Å²) in [6.07, 6.45) is 5.14. The summed E-state index contributed by atoms with van der Waals surface area (Å²) in [5.41, 5.74) is 1.15. The van der Waals surface area contributed by atoms with Crippen molar-refractivity contribution in [3.05, 3.63) is 48.0 Å². The second kappa shape index (κ2) is 7.28. The Morgan fingerprint density at radius 1 is 1.12 bits per heavy atom. The first kappa shape index (κ1) is 17.7. The third-order valence-electron chi connectivity index (χ3n) is 3.54. The Balaban J connectivity index is 2.30. The number of benzene rings is 2. The molecule has 2 aromatic carbocycles. The second-order valence-corrected chi connectivity index (χ2v) is 7.03. The Labute approximate surface area is 142 Å². The monoisotopic (exact) mass is 345 g/mol. The van der Waals surface area contributed by atoms with E-state index in [0.29, 0.717) is 22.7 Å². The van der Waals surface area contributed by atoms with Crippen molar-refractivity contribution in [2.75, 3.05) is 25.1 Å². The molecule has 0 atom stereocenters. The van der Waals surface area contributed by atoms with Gasteiger partial charge < -0.3 is 9.47 Å². The summed E-state index contributed by atoms with van der Waals surface area (Å²) in [5, 5.41) is 0. The van der Waals surface area contributed by atoms with Crippen molar-refractivity contribution >= 4 is 15.7 Å². The van der Waals surface area contributed by atoms with Crippen molar-refractivity contribution in [3.63, 3.8) is 0 Å². The SMILES string of the molecule is C#CCOc1ccc(N(C)S(=O)(=O)c2ccc(OC)cc2C)cc1. The minimum absolute atomic E-state index is 0.165. The molecule has 0 spiro atoms. The summed E-state index contributed by atoms with van der Waals surface area (Å²) in [6.45, 7) is 1.90. The van der Waals surface area contributed by atoms with Gasteiger partial charge >= 0.3 is 0 Å². The first-order chi connectivity index (χ1) is 11.4. The molecule has 0 aromatic heterocycles. The normalized spacial score (nSPS) is 10.8. The zero-order valence-electron chi connectivity index (χ0n) is 13.8. The van der Waals surface area contributed by atoms with E-state index >= 15 is 0 Å². The summed E-state index contributed by atoms with van der Waals surface area (Å²) in [7, 11) is -0.622. The van der Waals surface area contributed by atoms with Crippen LogP contribution in [0.25, 0.3) is 0 Å². The van der Waals surface area contributed by atoms with Crippen LogP contribution in [0.2, 0.25) is 0 Å². The average Bonchev–Trinajstić information content (AvgIpc) is 2.59. The number of hydrogen-bond acceptors (Lipinski definition) is 4. The maximum Gasteiger partial charge on any atom is 0.264 e. The maximum atomic E-state index is 12.8. The molecule has 0 N–H and O–H groups in total. The van der Waals surface area contributed by atoms with Crippen LogP contribution in [0.1, 0.15) is 5.56 Å². The van der Waals surface area contributed by atoms with Gasteiger partial charge in [-0.1, -0.05) is 5.92 Å². The molecule has 0 saturated heterocycles. The third-order valence-corrected chi connectivity index (χ3v) is 5.49. The fourth-order valence-electron chi connectivity index (χ4n) is 2.20. The van der Waals surface area contributed by atoms with Gasteiger partial charge in [-0.25, -0.2) is 8.42 Å². The summed E-state index contributed by atoms with van der Waals surface area (Å²) >= 11 is 0. The van der Waals surface area contributed by atoms with Crippen LogP contribution >= 0.6 is 0 Å². The van der Waals surface area contributed by atoms with E-state index in [0.717, 1.165) is 0 Å². The Morgan fingerprint density at radius 3 is 2.29 bits per heavy atom. The highest BCUT2D eigenvalue weighted by Crippen LogP contribution is 2.27. The van der Waals surface area contributed by atoms with E-state index in [2.05, 4.69) is 5.92 Å². The van der Waals surface area contributed by atoms with Gasteiger partial charge in [0.15, 0.2) is 0 Å². The molecule has 0 radical (unpaired) electrons. The van der Waals surface area contributed by atoms with Gasteiger partial charge in [0.05, 0.1) is 17.7 Å². The molecule has 126 valence electrons. The molecule has 0 aliphatic carbocycles. The van der Waals surface area contributed by atoms with Gasteiger partial charge in [-0.3, -0.25) is 4.31 Å². The highest BCUT2D eigenvalue weighted by atomic mass is 32.2. The number of methoxy groups -OCH3 is 1. The van der Waals surface area contributed by atoms with E-state index in [4.69, 9.17) is 15.9 Å². The van der Waals surface area contributed by atoms with Crippen molar-refractivity contribution in [2.45, 2.75) is 11.8 Å². The van der Waals surface area contributed by atoms with Crippen LogP contribution in [0.5, 0.6) is 11.5 Å². The third kappa shape index (κ3) is 3.63. The van der Waals surface area contributed by atoms with Gasteiger partial charge in [-0.15, -0.1) is 6.42 Å². The summed E-state index contributed by atoms with van der Waals surface area (Å²) in [5.74, 6) is 3.58. The lowest BCUT2D eigenvalue weighted by Gasteiger charge is -2.21. The van der Waals surface area contributed by atoms with Gasteiger partial charge in [0.25, 0.3) is 10.0 Å². The lowest BCUT2D eigenvalue weighted by Crippen LogP contribution is -2.27. The molecule has 0 saturated carbocycles. The molecule has 0 unspecified atom stereocenters. The van der Waals surface area contributed by atoms with E-state index < -0.39 is 10.0 Å². The number of sulfonamides is 1. The lowest BCUT2D eigenvalue weighted by atomic mass is 10.2. The molecule has 0 aliphatic heterocycles. The fraction of sp³-hybridized carbons (Fsp3) is 0.222. The van der Waals surface area contributed by atoms with Crippen LogP contribution in [-0.4, -0.2) is 29.2 Å². The van der Waals surface area contributed by atoms with E-state index in [1.165, 1.54) is 11.4 Å². The van der Waals surface area contributed by atoms with Crippen LogP contribution in [0, 0.1) is 19.3 Å². The van der Waals surface area contributed by atoms with Crippen LogP contribution in [0.4, 0.5) is 5.69 Å². The first-order valence-electron chi connectivity index (χ1n) is 7.20. The number of nitrogens with zero attached hydrogens (tertiary/aromatic N) is 1. The predicted octanol–water partition coefficient (Wildman–Crippen LogP) is 2.84. The maximum absolute atomic E-state index is 12.8. The Morgan fingerprint density at radius 2 is 1.75 bits per heavy atom. The molecular weight excluding hydrogens is 326 g/mol. The summed E-state index contributed by atoms with van der Waals surface area (Å²) in [4.78, 5) is 0.235. The smallest absolute Gasteiger partial charge is 0.264 e. The minimum Gasteiger partial charge on any atom is -0.497 e. The Hall–Kier alpha value is -2.65. The van der Waals surface area contributed by atoms with Gasteiger partial charge in [0, 0.05) is 7.05 Å². The topological polar surface area (TPSA) is 55.8 Å². The second-order valence-electron chi connectivity index (χ2n) is 5.09. The molecule has 0 fully saturated rings. The predicted molar refractivity (Wildman–Crippen MR) is 94.1 cm³/mol. The van der Waals surface area contributed by atoms with Crippen molar-refractivity contribution in [3.8, 4) is 23.8 Å². The number of ether oxygens (including phenoxy) is 2. The number of aryl methyl sites for hydroxylation is 1. The molecule has 5 nitrogen and oxygen atoms in total. The van der Waals surface area contributed by atoms with E-state index in [1.54, 1.807) is 56.5 Å². The van der Waals surface area contributed by atoms with E-state index in [1.807, 2.05) is 0 Å².